The van der Waals surface area contributed by atoms with Crippen LogP contribution in [0.4, 0.5) is 5.69 Å². The van der Waals surface area contributed by atoms with E-state index in [1.54, 1.807) is 12.1 Å². The van der Waals surface area contributed by atoms with Crippen molar-refractivity contribution in [1.29, 1.82) is 0 Å². The van der Waals surface area contributed by atoms with E-state index in [0.29, 0.717) is 18.8 Å². The SMILES string of the molecule is CCN(CCC(=O)O)c1ccc2c(c1)C(=O)OC2=O. The van der Waals surface area contributed by atoms with Crippen molar-refractivity contribution in [3.8, 4) is 0 Å². The minimum Gasteiger partial charge on any atom is -0.481 e. The summed E-state index contributed by atoms with van der Waals surface area (Å²) in [6.45, 7) is 2.83. The number of aliphatic carboxylic acids is 1. The molecule has 0 fully saturated rings. The van der Waals surface area contributed by atoms with E-state index >= 15 is 0 Å². The van der Waals surface area contributed by atoms with Gasteiger partial charge in [-0.2, -0.15) is 0 Å². The Kier molecular flexibility index (Phi) is 3.50. The summed E-state index contributed by atoms with van der Waals surface area (Å²) in [6.07, 6.45) is 0.00824. The average molecular weight is 263 g/mol. The largest absolute Gasteiger partial charge is 0.481 e. The predicted octanol–water partition coefficient (Wildman–Crippen LogP) is 1.30. The molecule has 2 rings (SSSR count). The van der Waals surface area contributed by atoms with E-state index in [-0.39, 0.29) is 17.5 Å². The highest BCUT2D eigenvalue weighted by Crippen LogP contribution is 2.25. The van der Waals surface area contributed by atoms with E-state index < -0.39 is 17.9 Å². The number of carbonyl (C=O) groups excluding carboxylic acids is 2. The van der Waals surface area contributed by atoms with Gasteiger partial charge in [0.2, 0.25) is 0 Å². The molecular formula is C13H13NO5. The van der Waals surface area contributed by atoms with Gasteiger partial charge in [-0.1, -0.05) is 0 Å². The molecule has 1 heterocycles. The molecule has 0 saturated heterocycles. The van der Waals surface area contributed by atoms with E-state index in [1.165, 1.54) is 6.07 Å². The summed E-state index contributed by atoms with van der Waals surface area (Å²) < 4.78 is 4.51. The van der Waals surface area contributed by atoms with Crippen molar-refractivity contribution in [3.63, 3.8) is 0 Å². The average Bonchev–Trinajstić information content (AvgIpc) is 2.65. The fourth-order valence-corrected chi connectivity index (χ4v) is 1.97. The summed E-state index contributed by atoms with van der Waals surface area (Å²) in [4.78, 5) is 35.2. The first-order valence-electron chi connectivity index (χ1n) is 5.90. The number of ether oxygens (including phenoxy) is 1. The van der Waals surface area contributed by atoms with Crippen LogP contribution >= 0.6 is 0 Å². The highest BCUT2D eigenvalue weighted by molar-refractivity contribution is 6.15. The number of carboxylic acid groups (broad SMARTS) is 1. The smallest absolute Gasteiger partial charge is 0.346 e. The second-order valence-electron chi connectivity index (χ2n) is 4.13. The molecule has 0 radical (unpaired) electrons. The van der Waals surface area contributed by atoms with E-state index in [1.807, 2.05) is 11.8 Å². The van der Waals surface area contributed by atoms with Gasteiger partial charge in [-0.25, -0.2) is 9.59 Å². The highest BCUT2D eigenvalue weighted by Gasteiger charge is 2.30. The normalized spacial score (nSPS) is 13.1. The number of esters is 2. The van der Waals surface area contributed by atoms with Crippen LogP contribution in [0.2, 0.25) is 0 Å². The third-order valence-electron chi connectivity index (χ3n) is 2.97. The summed E-state index contributed by atoms with van der Waals surface area (Å²) in [6, 6.07) is 4.78. The van der Waals surface area contributed by atoms with E-state index in [0.717, 1.165) is 0 Å². The third-order valence-corrected chi connectivity index (χ3v) is 2.97. The molecule has 1 N–H and O–H groups in total. The van der Waals surface area contributed by atoms with Crippen LogP contribution in [0.15, 0.2) is 18.2 Å². The third kappa shape index (κ3) is 2.57. The molecule has 0 amide bonds. The van der Waals surface area contributed by atoms with Crippen molar-refractivity contribution in [2.45, 2.75) is 13.3 Å². The van der Waals surface area contributed by atoms with Gasteiger partial charge in [-0.05, 0) is 25.1 Å². The van der Waals surface area contributed by atoms with Crippen LogP contribution in [-0.4, -0.2) is 36.1 Å². The molecule has 100 valence electrons. The Morgan fingerprint density at radius 2 is 1.95 bits per heavy atom. The lowest BCUT2D eigenvalue weighted by atomic mass is 10.1. The van der Waals surface area contributed by atoms with Gasteiger partial charge in [0.1, 0.15) is 0 Å². The van der Waals surface area contributed by atoms with Crippen LogP contribution in [0, 0.1) is 0 Å². The van der Waals surface area contributed by atoms with Crippen molar-refractivity contribution >= 4 is 23.6 Å². The second kappa shape index (κ2) is 5.09. The number of hydrogen-bond donors (Lipinski definition) is 1. The van der Waals surface area contributed by atoms with Crippen LogP contribution in [0.25, 0.3) is 0 Å². The first-order chi connectivity index (χ1) is 9.02. The molecule has 6 nitrogen and oxygen atoms in total. The van der Waals surface area contributed by atoms with Gasteiger partial charge in [0.05, 0.1) is 17.5 Å². The number of rotatable bonds is 5. The number of hydrogen-bond acceptors (Lipinski definition) is 5. The van der Waals surface area contributed by atoms with Gasteiger partial charge < -0.3 is 14.7 Å². The van der Waals surface area contributed by atoms with Crippen molar-refractivity contribution in [1.82, 2.24) is 0 Å². The van der Waals surface area contributed by atoms with Crippen LogP contribution < -0.4 is 4.90 Å². The number of carbonyl (C=O) groups is 3. The summed E-state index contributed by atoms with van der Waals surface area (Å²) in [7, 11) is 0. The van der Waals surface area contributed by atoms with Crippen molar-refractivity contribution in [2.75, 3.05) is 18.0 Å². The maximum Gasteiger partial charge on any atom is 0.346 e. The van der Waals surface area contributed by atoms with E-state index in [2.05, 4.69) is 4.74 Å². The van der Waals surface area contributed by atoms with Gasteiger partial charge >= 0.3 is 17.9 Å². The van der Waals surface area contributed by atoms with Gasteiger partial charge in [-0.3, -0.25) is 4.79 Å². The van der Waals surface area contributed by atoms with E-state index in [9.17, 15) is 14.4 Å². The first kappa shape index (κ1) is 13.1. The lowest BCUT2D eigenvalue weighted by Gasteiger charge is -2.22. The number of nitrogens with zero attached hydrogens (tertiary/aromatic N) is 1. The second-order valence-corrected chi connectivity index (χ2v) is 4.13. The van der Waals surface area contributed by atoms with Crippen molar-refractivity contribution in [3.05, 3.63) is 29.3 Å². The molecule has 0 spiro atoms. The summed E-state index contributed by atoms with van der Waals surface area (Å²) in [5, 5.41) is 8.69. The van der Waals surface area contributed by atoms with Crippen LogP contribution in [0.5, 0.6) is 0 Å². The lowest BCUT2D eigenvalue weighted by molar-refractivity contribution is -0.136. The first-order valence-corrected chi connectivity index (χ1v) is 5.90. The molecule has 0 aromatic heterocycles. The zero-order valence-corrected chi connectivity index (χ0v) is 10.4. The molecule has 1 aromatic carbocycles. The van der Waals surface area contributed by atoms with Gasteiger partial charge in [0.15, 0.2) is 0 Å². The Hall–Kier alpha value is -2.37. The molecular weight excluding hydrogens is 250 g/mol. The minimum atomic E-state index is -0.880. The predicted molar refractivity (Wildman–Crippen MR) is 66.3 cm³/mol. The molecule has 6 heteroatoms. The van der Waals surface area contributed by atoms with Gasteiger partial charge in [0.25, 0.3) is 0 Å². The monoisotopic (exact) mass is 263 g/mol. The Bertz CT molecular complexity index is 552. The maximum absolute atomic E-state index is 11.4. The zero-order valence-electron chi connectivity index (χ0n) is 10.4. The van der Waals surface area contributed by atoms with Gasteiger partial charge in [-0.15, -0.1) is 0 Å². The fourth-order valence-electron chi connectivity index (χ4n) is 1.97. The molecule has 1 aliphatic heterocycles. The molecule has 0 atom stereocenters. The molecule has 0 saturated carbocycles. The number of carboxylic acids is 1. The Morgan fingerprint density at radius 1 is 1.26 bits per heavy atom. The molecule has 1 aromatic rings. The summed E-state index contributed by atoms with van der Waals surface area (Å²) in [5.74, 6) is -2.18. The molecule has 0 aliphatic carbocycles. The topological polar surface area (TPSA) is 83.9 Å². The van der Waals surface area contributed by atoms with Gasteiger partial charge in [0, 0.05) is 18.8 Å². The number of fused-ring (bicyclic) bond motifs is 1. The minimum absolute atomic E-state index is 0.00824. The Morgan fingerprint density at radius 3 is 2.58 bits per heavy atom. The quantitative estimate of drug-likeness (QED) is 0.636. The zero-order chi connectivity index (χ0) is 14.0. The highest BCUT2D eigenvalue weighted by atomic mass is 16.6. The summed E-state index contributed by atoms with van der Waals surface area (Å²) in [5.41, 5.74) is 1.19. The molecule has 19 heavy (non-hydrogen) atoms. The number of anilines is 1. The molecule has 0 bridgehead atoms. The standard InChI is InChI=1S/C13H13NO5/c1-2-14(6-5-11(15)16)8-3-4-9-10(7-8)13(18)19-12(9)17/h3-4,7H,2,5-6H2,1H3,(H,15,16). The number of benzene rings is 1. The molecule has 0 unspecified atom stereocenters. The summed E-state index contributed by atoms with van der Waals surface area (Å²) >= 11 is 0. The number of cyclic esters (lactones) is 2. The maximum atomic E-state index is 11.4. The van der Waals surface area contributed by atoms with Crippen LogP contribution in [0.1, 0.15) is 34.1 Å². The Labute approximate surface area is 109 Å². The lowest BCUT2D eigenvalue weighted by Crippen LogP contribution is -2.25. The van der Waals surface area contributed by atoms with Crippen molar-refractivity contribution in [2.24, 2.45) is 0 Å². The van der Waals surface area contributed by atoms with Crippen molar-refractivity contribution < 1.29 is 24.2 Å². The van der Waals surface area contributed by atoms with Crippen LogP contribution in [0.3, 0.4) is 0 Å². The van der Waals surface area contributed by atoms with Crippen LogP contribution in [-0.2, 0) is 9.53 Å². The Balaban J connectivity index is 2.25. The fraction of sp³-hybridized carbons (Fsp3) is 0.308. The molecule has 1 aliphatic rings. The van der Waals surface area contributed by atoms with E-state index in [4.69, 9.17) is 5.11 Å².